The lowest BCUT2D eigenvalue weighted by Gasteiger charge is -2.06. The maximum Gasteiger partial charge on any atom is 0.00604 e. The molecule has 0 aromatic carbocycles. The first kappa shape index (κ1) is 6.09. The molecular formula is C6H13N2P. The minimum absolute atomic E-state index is 0.947. The fraction of sp³-hybridized carbons (Fsp3) is 1.00. The summed E-state index contributed by atoms with van der Waals surface area (Å²) in [7, 11) is 2.79. The van der Waals surface area contributed by atoms with Gasteiger partial charge in [0.2, 0.25) is 0 Å². The minimum Gasteiger partial charge on any atom is -0.316 e. The molecule has 3 atom stereocenters. The van der Waals surface area contributed by atoms with Crippen LogP contribution in [0.15, 0.2) is 0 Å². The number of hydrogen-bond donors (Lipinski definition) is 1. The second kappa shape index (κ2) is 2.19. The van der Waals surface area contributed by atoms with Gasteiger partial charge in [-0.3, -0.25) is 4.67 Å². The highest BCUT2D eigenvalue weighted by Gasteiger charge is 2.34. The van der Waals surface area contributed by atoms with Gasteiger partial charge in [-0.05, 0) is 24.9 Å². The maximum absolute atomic E-state index is 3.41. The molecule has 2 saturated heterocycles. The predicted octanol–water partition coefficient (Wildman–Crippen LogP) is -0.0723. The summed E-state index contributed by atoms with van der Waals surface area (Å²) in [5.41, 5.74) is 0. The van der Waals surface area contributed by atoms with Crippen molar-refractivity contribution in [1.82, 2.24) is 9.99 Å². The lowest BCUT2D eigenvalue weighted by molar-refractivity contribution is 0.520. The van der Waals surface area contributed by atoms with Gasteiger partial charge in [0.1, 0.15) is 0 Å². The van der Waals surface area contributed by atoms with Crippen molar-refractivity contribution >= 4 is 9.39 Å². The summed E-state index contributed by atoms with van der Waals surface area (Å²) >= 11 is 0. The van der Waals surface area contributed by atoms with Crippen LogP contribution in [0.25, 0.3) is 0 Å². The van der Waals surface area contributed by atoms with Gasteiger partial charge in [0.05, 0.1) is 0 Å². The SMILES string of the molecule is PN1CC2CNCC2C1. The van der Waals surface area contributed by atoms with E-state index in [9.17, 15) is 0 Å². The van der Waals surface area contributed by atoms with Gasteiger partial charge >= 0.3 is 0 Å². The number of fused-ring (bicyclic) bond motifs is 1. The van der Waals surface area contributed by atoms with Crippen LogP contribution in [0, 0.1) is 11.8 Å². The van der Waals surface area contributed by atoms with Gasteiger partial charge in [-0.15, -0.1) is 0 Å². The molecule has 2 rings (SSSR count). The normalized spacial score (nSPS) is 43.7. The zero-order chi connectivity index (χ0) is 6.27. The van der Waals surface area contributed by atoms with E-state index in [2.05, 4.69) is 19.4 Å². The van der Waals surface area contributed by atoms with Crippen LogP contribution in [-0.4, -0.2) is 30.8 Å². The molecular weight excluding hydrogens is 131 g/mol. The van der Waals surface area contributed by atoms with Crippen molar-refractivity contribution in [3.63, 3.8) is 0 Å². The fourth-order valence-electron chi connectivity index (χ4n) is 1.89. The Labute approximate surface area is 58.2 Å². The standard InChI is InChI=1S/C6H13N2P/c9-8-3-5-1-7-2-6(5)4-8/h5-7H,1-4,9H2. The second-order valence-electron chi connectivity index (χ2n) is 3.13. The summed E-state index contributed by atoms with van der Waals surface area (Å²) in [6, 6.07) is 0. The molecule has 0 aromatic rings. The van der Waals surface area contributed by atoms with E-state index in [0.29, 0.717) is 0 Å². The largest absolute Gasteiger partial charge is 0.316 e. The Kier molecular flexibility index (Phi) is 1.48. The highest BCUT2D eigenvalue weighted by molar-refractivity contribution is 7.13. The van der Waals surface area contributed by atoms with E-state index >= 15 is 0 Å². The van der Waals surface area contributed by atoms with Crippen LogP contribution in [0.2, 0.25) is 0 Å². The summed E-state index contributed by atoms with van der Waals surface area (Å²) in [5, 5.41) is 3.41. The molecule has 2 nitrogen and oxygen atoms in total. The van der Waals surface area contributed by atoms with Crippen LogP contribution in [-0.2, 0) is 0 Å². The first-order chi connectivity index (χ1) is 4.36. The van der Waals surface area contributed by atoms with Gasteiger partial charge < -0.3 is 5.32 Å². The van der Waals surface area contributed by atoms with Crippen molar-refractivity contribution in [2.24, 2.45) is 11.8 Å². The van der Waals surface area contributed by atoms with Gasteiger partial charge in [-0.2, -0.15) is 0 Å². The molecule has 2 aliphatic heterocycles. The van der Waals surface area contributed by atoms with Crippen molar-refractivity contribution in [3.8, 4) is 0 Å². The Balaban J connectivity index is 2.02. The molecule has 3 unspecified atom stereocenters. The molecule has 0 aliphatic carbocycles. The third kappa shape index (κ3) is 1.000. The Morgan fingerprint density at radius 1 is 1.22 bits per heavy atom. The van der Waals surface area contributed by atoms with E-state index in [1.54, 1.807) is 0 Å². The van der Waals surface area contributed by atoms with Crippen molar-refractivity contribution < 1.29 is 0 Å². The van der Waals surface area contributed by atoms with Crippen molar-refractivity contribution in [3.05, 3.63) is 0 Å². The van der Waals surface area contributed by atoms with E-state index in [-0.39, 0.29) is 0 Å². The van der Waals surface area contributed by atoms with Crippen LogP contribution in [0.1, 0.15) is 0 Å². The van der Waals surface area contributed by atoms with Crippen LogP contribution < -0.4 is 5.32 Å². The highest BCUT2D eigenvalue weighted by atomic mass is 31.0. The maximum atomic E-state index is 3.41. The Morgan fingerprint density at radius 3 is 2.33 bits per heavy atom. The Morgan fingerprint density at radius 2 is 1.78 bits per heavy atom. The van der Waals surface area contributed by atoms with Gasteiger partial charge in [-0.25, -0.2) is 0 Å². The van der Waals surface area contributed by atoms with Crippen LogP contribution >= 0.6 is 9.39 Å². The smallest absolute Gasteiger partial charge is 0.00604 e. The van der Waals surface area contributed by atoms with Gasteiger partial charge in [0.25, 0.3) is 0 Å². The molecule has 3 heteroatoms. The molecule has 2 heterocycles. The minimum atomic E-state index is 0.947. The summed E-state index contributed by atoms with van der Waals surface area (Å²) in [4.78, 5) is 0. The van der Waals surface area contributed by atoms with Crippen LogP contribution in [0.4, 0.5) is 0 Å². The van der Waals surface area contributed by atoms with E-state index in [1.165, 1.54) is 26.2 Å². The molecule has 9 heavy (non-hydrogen) atoms. The van der Waals surface area contributed by atoms with Crippen molar-refractivity contribution in [2.75, 3.05) is 26.2 Å². The monoisotopic (exact) mass is 144 g/mol. The molecule has 0 amide bonds. The van der Waals surface area contributed by atoms with Crippen LogP contribution in [0.5, 0.6) is 0 Å². The molecule has 1 N–H and O–H groups in total. The van der Waals surface area contributed by atoms with Gasteiger partial charge in [0, 0.05) is 13.1 Å². The summed E-state index contributed by atoms with van der Waals surface area (Å²) in [6.07, 6.45) is 0. The van der Waals surface area contributed by atoms with E-state index in [1.807, 2.05) is 0 Å². The number of hydrogen-bond acceptors (Lipinski definition) is 2. The lowest BCUT2D eigenvalue weighted by atomic mass is 10.0. The topological polar surface area (TPSA) is 15.3 Å². The zero-order valence-electron chi connectivity index (χ0n) is 5.51. The van der Waals surface area contributed by atoms with Gasteiger partial charge in [-0.1, -0.05) is 9.39 Å². The quantitative estimate of drug-likeness (QED) is 0.479. The Hall–Kier alpha value is 0.350. The molecule has 0 radical (unpaired) electrons. The Bertz CT molecular complexity index is 106. The van der Waals surface area contributed by atoms with Gasteiger partial charge in [0.15, 0.2) is 0 Å². The number of rotatable bonds is 0. The second-order valence-corrected chi connectivity index (χ2v) is 3.86. The summed E-state index contributed by atoms with van der Waals surface area (Å²) < 4.78 is 2.36. The molecule has 2 fully saturated rings. The zero-order valence-corrected chi connectivity index (χ0v) is 6.66. The predicted molar refractivity (Wildman–Crippen MR) is 41.1 cm³/mol. The van der Waals surface area contributed by atoms with Crippen molar-refractivity contribution in [1.29, 1.82) is 0 Å². The fourth-order valence-corrected chi connectivity index (χ4v) is 2.43. The molecule has 0 bridgehead atoms. The average Bonchev–Trinajstić information content (AvgIpc) is 2.22. The third-order valence-electron chi connectivity index (χ3n) is 2.42. The molecule has 52 valence electrons. The number of nitrogens with one attached hydrogen (secondary N) is 1. The average molecular weight is 144 g/mol. The lowest BCUT2D eigenvalue weighted by Crippen LogP contribution is -2.17. The molecule has 2 aliphatic rings. The van der Waals surface area contributed by atoms with Crippen molar-refractivity contribution in [2.45, 2.75) is 0 Å². The van der Waals surface area contributed by atoms with E-state index in [0.717, 1.165) is 11.8 Å². The summed E-state index contributed by atoms with van der Waals surface area (Å²) in [5.74, 6) is 1.89. The molecule has 0 aromatic heterocycles. The molecule has 0 spiro atoms. The molecule has 0 saturated carbocycles. The van der Waals surface area contributed by atoms with E-state index in [4.69, 9.17) is 0 Å². The highest BCUT2D eigenvalue weighted by Crippen LogP contribution is 2.27. The number of nitrogens with zero attached hydrogens (tertiary/aromatic N) is 1. The first-order valence-electron chi connectivity index (χ1n) is 3.56. The van der Waals surface area contributed by atoms with E-state index < -0.39 is 0 Å². The first-order valence-corrected chi connectivity index (χ1v) is 4.08. The van der Waals surface area contributed by atoms with Crippen LogP contribution in [0.3, 0.4) is 0 Å². The summed E-state index contributed by atoms with van der Waals surface area (Å²) in [6.45, 7) is 5.05. The third-order valence-corrected chi connectivity index (χ3v) is 2.84.